The van der Waals surface area contributed by atoms with Gasteiger partial charge >= 0.3 is 12.1 Å². The average molecular weight is 518 g/mol. The summed E-state index contributed by atoms with van der Waals surface area (Å²) in [4.78, 5) is 24.9. The standard InChI is InChI=1S/C26H20N4O.C2HF3O2/c1-31-21-13-11-19(12-14-21)20-17-22-23(29-18-20)7-6-8-24(22)30(25-9-2-4-15-27-25)26-10-3-5-16-28-26;3-2(4,5)1(6)7/h2-18H,1H3;(H,6,7). The fourth-order valence-corrected chi connectivity index (χ4v) is 3.61. The first-order chi connectivity index (χ1) is 18.3. The van der Waals surface area contributed by atoms with Crippen LogP contribution in [0.3, 0.4) is 0 Å². The van der Waals surface area contributed by atoms with Crippen molar-refractivity contribution in [1.82, 2.24) is 15.0 Å². The van der Waals surface area contributed by atoms with E-state index in [4.69, 9.17) is 19.6 Å². The Balaban J connectivity index is 0.000000426. The highest BCUT2D eigenvalue weighted by molar-refractivity contribution is 5.98. The minimum atomic E-state index is -5.08. The van der Waals surface area contributed by atoms with Gasteiger partial charge in [0, 0.05) is 29.5 Å². The summed E-state index contributed by atoms with van der Waals surface area (Å²) in [6, 6.07) is 28.0. The zero-order chi connectivity index (χ0) is 27.1. The largest absolute Gasteiger partial charge is 0.497 e. The normalized spacial score (nSPS) is 10.8. The molecule has 10 heteroatoms. The van der Waals surface area contributed by atoms with Crippen LogP contribution in [0.25, 0.3) is 22.0 Å². The van der Waals surface area contributed by atoms with Crippen LogP contribution in [0, 0.1) is 0 Å². The molecule has 2 aromatic carbocycles. The number of fused-ring (bicyclic) bond motifs is 1. The number of hydrogen-bond donors (Lipinski definition) is 1. The van der Waals surface area contributed by atoms with E-state index >= 15 is 0 Å². The summed E-state index contributed by atoms with van der Waals surface area (Å²) in [6.45, 7) is 0. The molecule has 0 unspecified atom stereocenters. The molecule has 0 aliphatic heterocycles. The zero-order valence-corrected chi connectivity index (χ0v) is 20.0. The van der Waals surface area contributed by atoms with Gasteiger partial charge in [0.2, 0.25) is 0 Å². The Morgan fingerprint density at radius 2 is 1.42 bits per heavy atom. The zero-order valence-electron chi connectivity index (χ0n) is 20.0. The monoisotopic (exact) mass is 518 g/mol. The molecule has 0 aliphatic carbocycles. The number of hydrogen-bond acceptors (Lipinski definition) is 6. The molecule has 0 saturated carbocycles. The van der Waals surface area contributed by atoms with E-state index in [0.717, 1.165) is 45.1 Å². The van der Waals surface area contributed by atoms with Gasteiger partial charge in [-0.15, -0.1) is 0 Å². The number of rotatable bonds is 5. The van der Waals surface area contributed by atoms with Gasteiger partial charge in [-0.3, -0.25) is 9.88 Å². The lowest BCUT2D eigenvalue weighted by Gasteiger charge is -2.24. The van der Waals surface area contributed by atoms with E-state index in [2.05, 4.69) is 27.0 Å². The second-order valence-corrected chi connectivity index (χ2v) is 7.81. The molecule has 0 fully saturated rings. The number of benzene rings is 2. The van der Waals surface area contributed by atoms with Crippen LogP contribution in [0.4, 0.5) is 30.5 Å². The minimum Gasteiger partial charge on any atom is -0.497 e. The van der Waals surface area contributed by atoms with Crippen molar-refractivity contribution in [1.29, 1.82) is 0 Å². The van der Waals surface area contributed by atoms with Gasteiger partial charge in [-0.2, -0.15) is 13.2 Å². The molecule has 5 rings (SSSR count). The lowest BCUT2D eigenvalue weighted by Crippen LogP contribution is -2.21. The molecule has 5 aromatic rings. The fourth-order valence-electron chi connectivity index (χ4n) is 3.61. The molecule has 0 radical (unpaired) electrons. The van der Waals surface area contributed by atoms with Crippen molar-refractivity contribution in [3.8, 4) is 16.9 Å². The molecule has 192 valence electrons. The molecule has 0 spiro atoms. The van der Waals surface area contributed by atoms with E-state index in [1.807, 2.05) is 79.0 Å². The van der Waals surface area contributed by atoms with Crippen molar-refractivity contribution < 1.29 is 27.8 Å². The Hall–Kier alpha value is -4.99. The van der Waals surface area contributed by atoms with Crippen molar-refractivity contribution in [3.05, 3.63) is 104 Å². The summed E-state index contributed by atoms with van der Waals surface area (Å²) in [6.07, 6.45) is 0.397. The van der Waals surface area contributed by atoms with E-state index in [1.54, 1.807) is 19.5 Å². The summed E-state index contributed by atoms with van der Waals surface area (Å²) >= 11 is 0. The van der Waals surface area contributed by atoms with Gasteiger partial charge in [0.25, 0.3) is 0 Å². The van der Waals surface area contributed by atoms with E-state index in [-0.39, 0.29) is 0 Å². The molecule has 7 nitrogen and oxygen atoms in total. The molecule has 0 saturated heterocycles. The van der Waals surface area contributed by atoms with E-state index < -0.39 is 12.1 Å². The number of pyridine rings is 3. The number of carbonyl (C=O) groups is 1. The second-order valence-electron chi connectivity index (χ2n) is 7.81. The first-order valence-electron chi connectivity index (χ1n) is 11.2. The summed E-state index contributed by atoms with van der Waals surface area (Å²) in [7, 11) is 1.67. The first kappa shape index (κ1) is 26.1. The van der Waals surface area contributed by atoms with Crippen LogP contribution in [0.5, 0.6) is 5.75 Å². The smallest absolute Gasteiger partial charge is 0.490 e. The maximum absolute atomic E-state index is 10.6. The highest BCUT2D eigenvalue weighted by Gasteiger charge is 2.38. The number of aliphatic carboxylic acids is 1. The van der Waals surface area contributed by atoms with Gasteiger partial charge in [-0.1, -0.05) is 30.3 Å². The number of alkyl halides is 3. The molecular weight excluding hydrogens is 497 g/mol. The Bertz CT molecular complexity index is 1470. The topological polar surface area (TPSA) is 88.4 Å². The maximum Gasteiger partial charge on any atom is 0.490 e. The molecule has 0 atom stereocenters. The van der Waals surface area contributed by atoms with Crippen LogP contribution >= 0.6 is 0 Å². The Morgan fingerprint density at radius 3 is 1.92 bits per heavy atom. The van der Waals surface area contributed by atoms with E-state index in [0.29, 0.717) is 0 Å². The number of ether oxygens (including phenoxy) is 1. The summed E-state index contributed by atoms with van der Waals surface area (Å²) in [5.74, 6) is -0.339. The molecule has 3 heterocycles. The third-order valence-electron chi connectivity index (χ3n) is 5.37. The lowest BCUT2D eigenvalue weighted by molar-refractivity contribution is -0.192. The van der Waals surface area contributed by atoms with Gasteiger partial charge in [0.05, 0.1) is 18.3 Å². The number of halogens is 3. The fraction of sp³-hybridized carbons (Fsp3) is 0.0714. The quantitative estimate of drug-likeness (QED) is 0.274. The van der Waals surface area contributed by atoms with Crippen molar-refractivity contribution in [3.63, 3.8) is 0 Å². The third-order valence-corrected chi connectivity index (χ3v) is 5.37. The Morgan fingerprint density at radius 1 is 0.816 bits per heavy atom. The predicted octanol–water partition coefficient (Wildman–Crippen LogP) is 6.80. The second kappa shape index (κ2) is 11.4. The molecule has 1 N–H and O–H groups in total. The SMILES string of the molecule is COc1ccc(-c2cnc3cccc(N(c4ccccn4)c4ccccn4)c3c2)cc1.O=C(O)C(F)(F)F. The number of methoxy groups -OCH3 is 1. The van der Waals surface area contributed by atoms with Crippen LogP contribution in [-0.2, 0) is 4.79 Å². The van der Waals surface area contributed by atoms with Crippen molar-refractivity contribution >= 4 is 34.2 Å². The highest BCUT2D eigenvalue weighted by atomic mass is 19.4. The van der Waals surface area contributed by atoms with E-state index in [9.17, 15) is 13.2 Å². The van der Waals surface area contributed by atoms with Gasteiger partial charge in [0.15, 0.2) is 0 Å². The van der Waals surface area contributed by atoms with Gasteiger partial charge < -0.3 is 9.84 Å². The van der Waals surface area contributed by atoms with Crippen LogP contribution in [-0.4, -0.2) is 39.3 Å². The van der Waals surface area contributed by atoms with Crippen molar-refractivity contribution in [2.24, 2.45) is 0 Å². The van der Waals surface area contributed by atoms with Crippen LogP contribution in [0.2, 0.25) is 0 Å². The Kier molecular flexibility index (Phi) is 7.81. The summed E-state index contributed by atoms with van der Waals surface area (Å²) in [5.41, 5.74) is 3.99. The molecule has 0 aliphatic rings. The number of anilines is 3. The first-order valence-corrected chi connectivity index (χ1v) is 11.2. The highest BCUT2D eigenvalue weighted by Crippen LogP contribution is 2.37. The predicted molar refractivity (Wildman–Crippen MR) is 138 cm³/mol. The van der Waals surface area contributed by atoms with Crippen LogP contribution in [0.15, 0.2) is 104 Å². The summed E-state index contributed by atoms with van der Waals surface area (Å²) in [5, 5.41) is 8.15. The molecule has 0 amide bonds. The maximum atomic E-state index is 10.6. The van der Waals surface area contributed by atoms with Crippen LogP contribution < -0.4 is 9.64 Å². The van der Waals surface area contributed by atoms with Crippen molar-refractivity contribution in [2.45, 2.75) is 6.18 Å². The number of carboxylic acid groups (broad SMARTS) is 1. The van der Waals surface area contributed by atoms with Gasteiger partial charge in [0.1, 0.15) is 17.4 Å². The molecule has 3 aromatic heterocycles. The molecule has 0 bridgehead atoms. The van der Waals surface area contributed by atoms with E-state index in [1.165, 1.54) is 0 Å². The average Bonchev–Trinajstić information content (AvgIpc) is 2.94. The number of nitrogens with zero attached hydrogens (tertiary/aromatic N) is 4. The third kappa shape index (κ3) is 6.04. The lowest BCUT2D eigenvalue weighted by atomic mass is 10.0. The number of aromatic nitrogens is 3. The summed E-state index contributed by atoms with van der Waals surface area (Å²) < 4.78 is 37.0. The minimum absolute atomic E-state index is 0.795. The number of carboxylic acids is 1. The van der Waals surface area contributed by atoms with Gasteiger partial charge in [-0.25, -0.2) is 14.8 Å². The van der Waals surface area contributed by atoms with Crippen LogP contribution in [0.1, 0.15) is 0 Å². The molecule has 38 heavy (non-hydrogen) atoms. The van der Waals surface area contributed by atoms with Gasteiger partial charge in [-0.05, 0) is 60.2 Å². The van der Waals surface area contributed by atoms with Crippen molar-refractivity contribution in [2.75, 3.05) is 12.0 Å². The Labute approximate surface area is 215 Å². The molecular formula is C28H21F3N4O3.